The Hall–Kier alpha value is -0.800. The quantitative estimate of drug-likeness (QED) is 0.818. The molecule has 0 spiro atoms. The zero-order chi connectivity index (χ0) is 12.1. The van der Waals surface area contributed by atoms with Crippen molar-refractivity contribution < 1.29 is 0 Å². The van der Waals surface area contributed by atoms with Crippen LogP contribution in [0.3, 0.4) is 0 Å². The summed E-state index contributed by atoms with van der Waals surface area (Å²) >= 11 is 5.84. The standard InChI is InChI=1S/C13H20ClN3/c1-11(10-17-7-2-3-8-17)9-15-13-6-4-5-12(14)16-13/h4-6,11H,2-3,7-10H2,1H3,(H,15,16). The largest absolute Gasteiger partial charge is 0.370 e. The summed E-state index contributed by atoms with van der Waals surface area (Å²) in [7, 11) is 0. The third-order valence-corrected chi connectivity index (χ3v) is 3.33. The molecule has 2 heterocycles. The second-order valence-corrected chi connectivity index (χ2v) is 5.23. The van der Waals surface area contributed by atoms with Crippen LogP contribution in [0.15, 0.2) is 18.2 Å². The van der Waals surface area contributed by atoms with Crippen LogP contribution in [0.4, 0.5) is 5.82 Å². The average Bonchev–Trinajstić information content (AvgIpc) is 2.79. The Morgan fingerprint density at radius 2 is 2.18 bits per heavy atom. The number of likely N-dealkylation sites (tertiary alicyclic amines) is 1. The van der Waals surface area contributed by atoms with Gasteiger partial charge in [0.2, 0.25) is 0 Å². The molecule has 1 saturated heterocycles. The van der Waals surface area contributed by atoms with Gasteiger partial charge in [0, 0.05) is 13.1 Å². The summed E-state index contributed by atoms with van der Waals surface area (Å²) < 4.78 is 0. The number of nitrogens with zero attached hydrogens (tertiary/aromatic N) is 2. The van der Waals surface area contributed by atoms with Gasteiger partial charge in [-0.1, -0.05) is 24.6 Å². The van der Waals surface area contributed by atoms with E-state index in [1.807, 2.05) is 12.1 Å². The van der Waals surface area contributed by atoms with Gasteiger partial charge in [-0.2, -0.15) is 0 Å². The topological polar surface area (TPSA) is 28.2 Å². The Morgan fingerprint density at radius 3 is 2.88 bits per heavy atom. The molecule has 1 aliphatic rings. The number of halogens is 1. The summed E-state index contributed by atoms with van der Waals surface area (Å²) in [5, 5.41) is 3.88. The molecule has 94 valence electrons. The summed E-state index contributed by atoms with van der Waals surface area (Å²) in [6, 6.07) is 5.66. The highest BCUT2D eigenvalue weighted by Gasteiger charge is 2.14. The highest BCUT2D eigenvalue weighted by Crippen LogP contribution is 2.12. The van der Waals surface area contributed by atoms with Gasteiger partial charge in [0.05, 0.1) is 0 Å². The molecule has 1 aliphatic heterocycles. The molecule has 0 bridgehead atoms. The Balaban J connectivity index is 1.73. The van der Waals surface area contributed by atoms with Crippen molar-refractivity contribution in [2.45, 2.75) is 19.8 Å². The fraction of sp³-hybridized carbons (Fsp3) is 0.615. The molecule has 0 aliphatic carbocycles. The van der Waals surface area contributed by atoms with Crippen LogP contribution in [-0.2, 0) is 0 Å². The minimum atomic E-state index is 0.544. The summed E-state index contributed by atoms with van der Waals surface area (Å²) in [6.07, 6.45) is 2.71. The molecular weight excluding hydrogens is 234 g/mol. The van der Waals surface area contributed by atoms with Gasteiger partial charge in [0.1, 0.15) is 11.0 Å². The fourth-order valence-corrected chi connectivity index (χ4v) is 2.42. The number of anilines is 1. The van der Waals surface area contributed by atoms with Crippen LogP contribution in [0.1, 0.15) is 19.8 Å². The van der Waals surface area contributed by atoms with Crippen LogP contribution in [0.25, 0.3) is 0 Å². The van der Waals surface area contributed by atoms with Gasteiger partial charge in [0.15, 0.2) is 0 Å². The smallest absolute Gasteiger partial charge is 0.131 e. The van der Waals surface area contributed by atoms with Crippen molar-refractivity contribution >= 4 is 17.4 Å². The molecule has 1 N–H and O–H groups in total. The van der Waals surface area contributed by atoms with E-state index in [1.54, 1.807) is 6.07 Å². The predicted molar refractivity (Wildman–Crippen MR) is 72.6 cm³/mol. The number of rotatable bonds is 5. The lowest BCUT2D eigenvalue weighted by Gasteiger charge is -2.20. The van der Waals surface area contributed by atoms with E-state index in [4.69, 9.17) is 11.6 Å². The molecule has 0 amide bonds. The van der Waals surface area contributed by atoms with Gasteiger partial charge in [-0.25, -0.2) is 4.98 Å². The Bertz CT molecular complexity index is 350. The highest BCUT2D eigenvalue weighted by atomic mass is 35.5. The SMILES string of the molecule is CC(CNc1cccc(Cl)n1)CN1CCCC1. The minimum absolute atomic E-state index is 0.544. The van der Waals surface area contributed by atoms with E-state index in [0.717, 1.165) is 12.4 Å². The molecule has 0 saturated carbocycles. The molecule has 4 heteroatoms. The molecule has 17 heavy (non-hydrogen) atoms. The summed E-state index contributed by atoms with van der Waals surface area (Å²) in [4.78, 5) is 6.76. The maximum Gasteiger partial charge on any atom is 0.131 e. The molecular formula is C13H20ClN3. The van der Waals surface area contributed by atoms with Crippen LogP contribution in [0.5, 0.6) is 0 Å². The second kappa shape index (κ2) is 6.22. The van der Waals surface area contributed by atoms with Gasteiger partial charge in [-0.05, 0) is 44.0 Å². The first kappa shape index (κ1) is 12.7. The normalized spacial score (nSPS) is 18.2. The molecule has 1 fully saturated rings. The van der Waals surface area contributed by atoms with Crippen LogP contribution >= 0.6 is 11.6 Å². The number of hydrogen-bond acceptors (Lipinski definition) is 3. The third kappa shape index (κ3) is 4.17. The second-order valence-electron chi connectivity index (χ2n) is 4.84. The number of pyridine rings is 1. The molecule has 0 aromatic carbocycles. The minimum Gasteiger partial charge on any atom is -0.370 e. The number of nitrogens with one attached hydrogen (secondary N) is 1. The molecule has 2 rings (SSSR count). The summed E-state index contributed by atoms with van der Waals surface area (Å²) in [5.41, 5.74) is 0. The van der Waals surface area contributed by atoms with Crippen molar-refractivity contribution in [1.82, 2.24) is 9.88 Å². The fourth-order valence-electron chi connectivity index (χ4n) is 2.26. The van der Waals surface area contributed by atoms with Gasteiger partial charge in [-0.3, -0.25) is 0 Å². The zero-order valence-corrected chi connectivity index (χ0v) is 11.1. The van der Waals surface area contributed by atoms with E-state index >= 15 is 0 Å². The van der Waals surface area contributed by atoms with Gasteiger partial charge >= 0.3 is 0 Å². The van der Waals surface area contributed by atoms with Crippen molar-refractivity contribution in [2.24, 2.45) is 5.92 Å². The van der Waals surface area contributed by atoms with Gasteiger partial charge in [0.25, 0.3) is 0 Å². The van der Waals surface area contributed by atoms with Crippen molar-refractivity contribution in [3.8, 4) is 0 Å². The first-order valence-electron chi connectivity index (χ1n) is 6.33. The molecule has 1 aromatic rings. The first-order valence-corrected chi connectivity index (χ1v) is 6.70. The molecule has 3 nitrogen and oxygen atoms in total. The van der Waals surface area contributed by atoms with Crippen molar-refractivity contribution in [1.29, 1.82) is 0 Å². The average molecular weight is 254 g/mol. The molecule has 1 aromatic heterocycles. The van der Waals surface area contributed by atoms with Gasteiger partial charge in [-0.15, -0.1) is 0 Å². The summed E-state index contributed by atoms with van der Waals surface area (Å²) in [5.74, 6) is 1.50. The van der Waals surface area contributed by atoms with Gasteiger partial charge < -0.3 is 10.2 Å². The van der Waals surface area contributed by atoms with Crippen LogP contribution in [-0.4, -0.2) is 36.1 Å². The van der Waals surface area contributed by atoms with Crippen molar-refractivity contribution in [3.05, 3.63) is 23.4 Å². The number of aromatic nitrogens is 1. The van der Waals surface area contributed by atoms with Crippen LogP contribution < -0.4 is 5.32 Å². The maximum absolute atomic E-state index is 5.84. The summed E-state index contributed by atoms with van der Waals surface area (Å²) in [6.45, 7) is 6.92. The Morgan fingerprint density at radius 1 is 1.41 bits per heavy atom. The number of hydrogen-bond donors (Lipinski definition) is 1. The monoisotopic (exact) mass is 253 g/mol. The van der Waals surface area contributed by atoms with E-state index < -0.39 is 0 Å². The third-order valence-electron chi connectivity index (χ3n) is 3.12. The lowest BCUT2D eigenvalue weighted by molar-refractivity contribution is 0.294. The molecule has 1 atom stereocenters. The van der Waals surface area contributed by atoms with Crippen LogP contribution in [0.2, 0.25) is 5.15 Å². The van der Waals surface area contributed by atoms with E-state index in [0.29, 0.717) is 11.1 Å². The van der Waals surface area contributed by atoms with Crippen molar-refractivity contribution in [3.63, 3.8) is 0 Å². The molecule has 0 radical (unpaired) electrons. The lowest BCUT2D eigenvalue weighted by atomic mass is 10.1. The maximum atomic E-state index is 5.84. The van der Waals surface area contributed by atoms with Crippen molar-refractivity contribution in [2.75, 3.05) is 31.5 Å². The Labute approximate surface area is 108 Å². The zero-order valence-electron chi connectivity index (χ0n) is 10.3. The van der Waals surface area contributed by atoms with E-state index in [9.17, 15) is 0 Å². The molecule has 1 unspecified atom stereocenters. The highest BCUT2D eigenvalue weighted by molar-refractivity contribution is 6.29. The van der Waals surface area contributed by atoms with E-state index in [-0.39, 0.29) is 0 Å². The van der Waals surface area contributed by atoms with E-state index in [2.05, 4.69) is 22.1 Å². The lowest BCUT2D eigenvalue weighted by Crippen LogP contribution is -2.29. The predicted octanol–water partition coefficient (Wildman–Crippen LogP) is 2.88. The Kier molecular flexibility index (Phi) is 4.63. The first-order chi connectivity index (χ1) is 8.24. The van der Waals surface area contributed by atoms with E-state index in [1.165, 1.54) is 32.5 Å². The van der Waals surface area contributed by atoms with Crippen LogP contribution in [0, 0.1) is 5.92 Å².